The molecule has 0 fully saturated rings. The van der Waals surface area contributed by atoms with Crippen LogP contribution in [0.1, 0.15) is 46.5 Å². The summed E-state index contributed by atoms with van der Waals surface area (Å²) in [6, 6.07) is 0. The van der Waals surface area contributed by atoms with Gasteiger partial charge in [0.05, 0.1) is 0 Å². The Bertz CT molecular complexity index is 424. The van der Waals surface area contributed by atoms with Crippen molar-refractivity contribution in [1.29, 1.82) is 0 Å². The fraction of sp³-hybridized carbons (Fsp3) is 0.444. The maximum atomic E-state index is 11.4. The van der Waals surface area contributed by atoms with Gasteiger partial charge in [-0.3, -0.25) is 9.78 Å². The summed E-state index contributed by atoms with van der Waals surface area (Å²) in [6.07, 6.45) is 14.5. The molecule has 0 radical (unpaired) electrons. The van der Waals surface area contributed by atoms with Crippen LogP contribution in [-0.2, 0) is 29.1 Å². The van der Waals surface area contributed by atoms with Gasteiger partial charge in [0, 0.05) is 18.6 Å². The zero-order valence-electron chi connectivity index (χ0n) is 14.5. The Morgan fingerprint density at radius 3 is 1.75 bits per heavy atom. The van der Waals surface area contributed by atoms with Crippen LogP contribution >= 0.6 is 0 Å². The summed E-state index contributed by atoms with van der Waals surface area (Å²) in [5.74, 6) is -1.37. The summed E-state index contributed by atoms with van der Waals surface area (Å²) in [5.41, 5.74) is 0. The highest BCUT2D eigenvalue weighted by Gasteiger charge is 2.16. The fourth-order valence-electron chi connectivity index (χ4n) is 1.42. The van der Waals surface area contributed by atoms with Crippen molar-refractivity contribution in [3.63, 3.8) is 0 Å². The molecular formula is C18H26O6. The molecule has 0 bridgehead atoms. The minimum absolute atomic E-state index is 0.422. The highest BCUT2D eigenvalue weighted by molar-refractivity contribution is 5.82. The van der Waals surface area contributed by atoms with E-state index in [-0.39, 0.29) is 0 Å². The molecule has 0 heterocycles. The van der Waals surface area contributed by atoms with Crippen LogP contribution in [0.25, 0.3) is 0 Å². The van der Waals surface area contributed by atoms with Gasteiger partial charge in [-0.25, -0.2) is 9.59 Å². The monoisotopic (exact) mass is 338 g/mol. The normalized spacial score (nSPS) is 12.2. The van der Waals surface area contributed by atoms with Crippen molar-refractivity contribution in [2.75, 3.05) is 0 Å². The molecular weight excluding hydrogens is 312 g/mol. The molecule has 0 N–H and O–H groups in total. The van der Waals surface area contributed by atoms with Crippen LogP contribution < -0.4 is 0 Å². The summed E-state index contributed by atoms with van der Waals surface area (Å²) in [6.45, 7) is 5.70. The summed E-state index contributed by atoms with van der Waals surface area (Å²) in [4.78, 5) is 41.8. The average Bonchev–Trinajstić information content (AvgIpc) is 2.57. The van der Waals surface area contributed by atoms with Crippen molar-refractivity contribution in [3.8, 4) is 0 Å². The Hall–Kier alpha value is -2.18. The van der Waals surface area contributed by atoms with Crippen LogP contribution in [0.15, 0.2) is 48.6 Å². The molecule has 24 heavy (non-hydrogen) atoms. The quantitative estimate of drug-likeness (QED) is 0.133. The first-order chi connectivity index (χ1) is 11.6. The fourth-order valence-corrected chi connectivity index (χ4v) is 1.42. The molecule has 0 aromatic heterocycles. The Morgan fingerprint density at radius 1 is 0.833 bits per heavy atom. The molecule has 6 heteroatoms. The van der Waals surface area contributed by atoms with Gasteiger partial charge in [-0.05, 0) is 20.3 Å². The molecule has 0 amide bonds. The molecule has 0 aromatic rings. The molecule has 0 aromatic carbocycles. The first kappa shape index (κ1) is 21.8. The highest BCUT2D eigenvalue weighted by Crippen LogP contribution is 2.10. The molecule has 0 saturated carbocycles. The number of hydrogen-bond donors (Lipinski definition) is 0. The molecule has 0 aliphatic rings. The lowest BCUT2D eigenvalue weighted by molar-refractivity contribution is -0.428. The van der Waals surface area contributed by atoms with Gasteiger partial charge in [0.15, 0.2) is 0 Å². The van der Waals surface area contributed by atoms with Gasteiger partial charge < -0.3 is 0 Å². The molecule has 0 rings (SSSR count). The van der Waals surface area contributed by atoms with Crippen LogP contribution in [0.2, 0.25) is 0 Å². The SMILES string of the molecule is C/C=C/C=C/C(=O)OOC(CCCCC)OOC(=O)/C=C/C=C/C. The van der Waals surface area contributed by atoms with Gasteiger partial charge >= 0.3 is 11.9 Å². The minimum atomic E-state index is -0.977. The number of hydrogen-bond acceptors (Lipinski definition) is 6. The van der Waals surface area contributed by atoms with Crippen LogP contribution in [0.3, 0.4) is 0 Å². The third kappa shape index (κ3) is 13.5. The summed E-state index contributed by atoms with van der Waals surface area (Å²) in [5, 5.41) is 0. The van der Waals surface area contributed by atoms with Crippen molar-refractivity contribution in [2.45, 2.75) is 52.7 Å². The number of allylic oxidation sites excluding steroid dienone is 6. The van der Waals surface area contributed by atoms with E-state index in [9.17, 15) is 9.59 Å². The smallest absolute Gasteiger partial charge is 0.291 e. The van der Waals surface area contributed by atoms with Gasteiger partial charge in [0.1, 0.15) is 0 Å². The van der Waals surface area contributed by atoms with Gasteiger partial charge in [0.25, 0.3) is 0 Å². The third-order valence-corrected chi connectivity index (χ3v) is 2.59. The molecule has 6 nitrogen and oxygen atoms in total. The van der Waals surface area contributed by atoms with E-state index in [4.69, 9.17) is 9.78 Å². The van der Waals surface area contributed by atoms with E-state index in [2.05, 4.69) is 16.7 Å². The van der Waals surface area contributed by atoms with E-state index in [1.807, 2.05) is 13.8 Å². The van der Waals surface area contributed by atoms with Crippen LogP contribution in [0.4, 0.5) is 0 Å². The maximum Gasteiger partial charge on any atom is 0.366 e. The predicted molar refractivity (Wildman–Crippen MR) is 90.2 cm³/mol. The number of rotatable bonds is 12. The molecule has 0 unspecified atom stereocenters. The van der Waals surface area contributed by atoms with E-state index in [1.165, 1.54) is 24.3 Å². The second kappa shape index (κ2) is 15.7. The van der Waals surface area contributed by atoms with E-state index in [0.29, 0.717) is 6.42 Å². The summed E-state index contributed by atoms with van der Waals surface area (Å²) in [7, 11) is 0. The lowest BCUT2D eigenvalue weighted by atomic mass is 10.2. The number of carbonyl (C=O) groups excluding carboxylic acids is 2. The van der Waals surface area contributed by atoms with Gasteiger partial charge in [-0.1, -0.05) is 56.2 Å². The van der Waals surface area contributed by atoms with Crippen molar-refractivity contribution >= 4 is 11.9 Å². The zero-order chi connectivity index (χ0) is 18.0. The summed E-state index contributed by atoms with van der Waals surface area (Å²) >= 11 is 0. The Balaban J connectivity index is 4.35. The van der Waals surface area contributed by atoms with Crippen LogP contribution in [-0.4, -0.2) is 18.2 Å². The van der Waals surface area contributed by atoms with Crippen molar-refractivity contribution in [1.82, 2.24) is 0 Å². The first-order valence-corrected chi connectivity index (χ1v) is 7.97. The number of unbranched alkanes of at least 4 members (excludes halogenated alkanes) is 2. The van der Waals surface area contributed by atoms with Gasteiger partial charge in [-0.2, -0.15) is 0 Å². The van der Waals surface area contributed by atoms with Crippen molar-refractivity contribution < 1.29 is 29.1 Å². The average molecular weight is 338 g/mol. The Labute approximate surface area is 143 Å². The summed E-state index contributed by atoms with van der Waals surface area (Å²) < 4.78 is 0. The Kier molecular flexibility index (Phi) is 14.3. The predicted octanol–water partition coefficient (Wildman–Crippen LogP) is 4.11. The van der Waals surface area contributed by atoms with E-state index in [0.717, 1.165) is 19.3 Å². The van der Waals surface area contributed by atoms with E-state index in [1.54, 1.807) is 24.3 Å². The van der Waals surface area contributed by atoms with Gasteiger partial charge in [0.2, 0.25) is 6.29 Å². The van der Waals surface area contributed by atoms with Gasteiger partial charge in [-0.15, -0.1) is 9.78 Å². The standard InChI is InChI=1S/C18H26O6/c1-4-7-10-13-16(19)21-23-18(15-12-9-6-3)24-22-17(20)14-11-8-5-2/h4-5,7-8,10-11,13-14,18H,6,9,12,15H2,1-3H3/b7-4+,8-5+,13-10+,14-11+. The zero-order valence-corrected chi connectivity index (χ0v) is 14.5. The second-order valence-electron chi connectivity index (χ2n) is 4.69. The first-order valence-electron chi connectivity index (χ1n) is 7.97. The molecule has 0 aliphatic heterocycles. The van der Waals surface area contributed by atoms with E-state index >= 15 is 0 Å². The molecule has 0 aliphatic carbocycles. The molecule has 0 atom stereocenters. The van der Waals surface area contributed by atoms with Crippen molar-refractivity contribution in [3.05, 3.63) is 48.6 Å². The van der Waals surface area contributed by atoms with E-state index < -0.39 is 18.2 Å². The largest absolute Gasteiger partial charge is 0.366 e. The minimum Gasteiger partial charge on any atom is -0.291 e. The number of carbonyl (C=O) groups is 2. The molecule has 134 valence electrons. The lowest BCUT2D eigenvalue weighted by Gasteiger charge is -2.13. The topological polar surface area (TPSA) is 71.1 Å². The lowest BCUT2D eigenvalue weighted by Crippen LogP contribution is -2.21. The van der Waals surface area contributed by atoms with Crippen LogP contribution in [0.5, 0.6) is 0 Å². The second-order valence-corrected chi connectivity index (χ2v) is 4.69. The third-order valence-electron chi connectivity index (χ3n) is 2.59. The highest BCUT2D eigenvalue weighted by atomic mass is 17.3. The molecule has 0 spiro atoms. The maximum absolute atomic E-state index is 11.4. The molecule has 0 saturated heterocycles. The van der Waals surface area contributed by atoms with Crippen LogP contribution in [0, 0.1) is 0 Å². The Morgan fingerprint density at radius 2 is 1.33 bits per heavy atom. The van der Waals surface area contributed by atoms with Crippen molar-refractivity contribution in [2.24, 2.45) is 0 Å².